The second-order valence-electron chi connectivity index (χ2n) is 3.30. The summed E-state index contributed by atoms with van der Waals surface area (Å²) >= 11 is 0. The summed E-state index contributed by atoms with van der Waals surface area (Å²) in [6, 6.07) is 0. The lowest BCUT2D eigenvalue weighted by molar-refractivity contribution is -0.116. The Balaban J connectivity index is 3.73. The average molecular weight is 144 g/mol. The van der Waals surface area contributed by atoms with Crippen molar-refractivity contribution in [1.82, 2.24) is 0 Å². The third kappa shape index (κ3) is 4.50. The first-order valence-electron chi connectivity index (χ1n) is 3.59. The Morgan fingerprint density at radius 1 is 1.50 bits per heavy atom. The van der Waals surface area contributed by atoms with Crippen LogP contribution in [0.3, 0.4) is 0 Å². The molecule has 0 aromatic rings. The minimum absolute atomic E-state index is 0.190. The zero-order chi connectivity index (χ0) is 8.20. The minimum atomic E-state index is -0.296. The molecule has 0 aliphatic carbocycles. The van der Waals surface area contributed by atoms with Crippen molar-refractivity contribution in [3.8, 4) is 0 Å². The van der Waals surface area contributed by atoms with Gasteiger partial charge in [0.05, 0.1) is 11.7 Å². The molecule has 0 aromatic heterocycles. The van der Waals surface area contributed by atoms with Gasteiger partial charge in [-0.05, 0) is 27.7 Å². The van der Waals surface area contributed by atoms with Gasteiger partial charge in [0.1, 0.15) is 6.29 Å². The van der Waals surface area contributed by atoms with Gasteiger partial charge in [-0.3, -0.25) is 0 Å². The molecule has 60 valence electrons. The predicted molar refractivity (Wildman–Crippen MR) is 41.0 cm³/mol. The van der Waals surface area contributed by atoms with Gasteiger partial charge in [-0.1, -0.05) is 0 Å². The van der Waals surface area contributed by atoms with Crippen molar-refractivity contribution in [1.29, 1.82) is 0 Å². The molecule has 0 heterocycles. The SMILES string of the molecule is CC(C)OC(C)(C)CC=O. The molecule has 2 heteroatoms. The van der Waals surface area contributed by atoms with Crippen LogP contribution in [-0.4, -0.2) is 18.0 Å². The molecule has 0 bridgehead atoms. The highest BCUT2D eigenvalue weighted by atomic mass is 16.5. The van der Waals surface area contributed by atoms with Crippen molar-refractivity contribution in [3.05, 3.63) is 0 Å². The van der Waals surface area contributed by atoms with Crippen molar-refractivity contribution in [3.63, 3.8) is 0 Å². The highest BCUT2D eigenvalue weighted by molar-refractivity contribution is 5.51. The van der Waals surface area contributed by atoms with E-state index in [-0.39, 0.29) is 11.7 Å². The Kier molecular flexibility index (Phi) is 3.58. The Labute approximate surface area is 62.6 Å². The molecule has 0 saturated heterocycles. The second kappa shape index (κ2) is 3.71. The van der Waals surface area contributed by atoms with Gasteiger partial charge in [0, 0.05) is 6.42 Å². The summed E-state index contributed by atoms with van der Waals surface area (Å²) in [7, 11) is 0. The monoisotopic (exact) mass is 144 g/mol. The lowest BCUT2D eigenvalue weighted by Crippen LogP contribution is -2.28. The number of aldehydes is 1. The van der Waals surface area contributed by atoms with Crippen LogP contribution in [0.1, 0.15) is 34.1 Å². The molecule has 0 aliphatic rings. The van der Waals surface area contributed by atoms with Crippen molar-refractivity contribution in [2.45, 2.75) is 45.8 Å². The normalized spacial score (nSPS) is 12.1. The van der Waals surface area contributed by atoms with Gasteiger partial charge in [-0.15, -0.1) is 0 Å². The number of rotatable bonds is 4. The summed E-state index contributed by atoms with van der Waals surface area (Å²) in [5, 5.41) is 0. The van der Waals surface area contributed by atoms with Gasteiger partial charge in [0.15, 0.2) is 0 Å². The summed E-state index contributed by atoms with van der Waals surface area (Å²) in [6.07, 6.45) is 1.54. The Morgan fingerprint density at radius 2 is 2.00 bits per heavy atom. The van der Waals surface area contributed by atoms with Gasteiger partial charge in [-0.25, -0.2) is 0 Å². The van der Waals surface area contributed by atoms with Crippen LogP contribution in [-0.2, 0) is 9.53 Å². The topological polar surface area (TPSA) is 26.3 Å². The van der Waals surface area contributed by atoms with Crippen LogP contribution < -0.4 is 0 Å². The minimum Gasteiger partial charge on any atom is -0.372 e. The van der Waals surface area contributed by atoms with Gasteiger partial charge < -0.3 is 9.53 Å². The smallest absolute Gasteiger partial charge is 0.122 e. The molecule has 0 aromatic carbocycles. The van der Waals surface area contributed by atoms with E-state index in [0.717, 1.165) is 6.29 Å². The van der Waals surface area contributed by atoms with Crippen LogP contribution in [0.15, 0.2) is 0 Å². The van der Waals surface area contributed by atoms with Gasteiger partial charge in [0.25, 0.3) is 0 Å². The Hall–Kier alpha value is -0.370. The van der Waals surface area contributed by atoms with Crippen LogP contribution in [0.5, 0.6) is 0 Å². The number of carbonyl (C=O) groups is 1. The molecule has 0 amide bonds. The average Bonchev–Trinajstić information content (AvgIpc) is 1.59. The lowest BCUT2D eigenvalue weighted by atomic mass is 10.1. The van der Waals surface area contributed by atoms with Crippen LogP contribution in [0.2, 0.25) is 0 Å². The van der Waals surface area contributed by atoms with E-state index in [1.165, 1.54) is 0 Å². The summed E-state index contributed by atoms with van der Waals surface area (Å²) < 4.78 is 5.45. The second-order valence-corrected chi connectivity index (χ2v) is 3.30. The quantitative estimate of drug-likeness (QED) is 0.562. The maximum atomic E-state index is 10.1. The molecular formula is C8H16O2. The summed E-state index contributed by atoms with van der Waals surface area (Å²) in [4.78, 5) is 10.1. The third-order valence-corrected chi connectivity index (χ3v) is 1.13. The molecule has 2 nitrogen and oxygen atoms in total. The number of ether oxygens (including phenoxy) is 1. The first kappa shape index (κ1) is 9.63. The van der Waals surface area contributed by atoms with Crippen molar-refractivity contribution in [2.24, 2.45) is 0 Å². The lowest BCUT2D eigenvalue weighted by Gasteiger charge is -2.25. The van der Waals surface area contributed by atoms with Gasteiger partial charge >= 0.3 is 0 Å². The van der Waals surface area contributed by atoms with Crippen molar-refractivity contribution < 1.29 is 9.53 Å². The van der Waals surface area contributed by atoms with Crippen LogP contribution >= 0.6 is 0 Å². The van der Waals surface area contributed by atoms with Gasteiger partial charge in [-0.2, -0.15) is 0 Å². The van der Waals surface area contributed by atoms with E-state index in [4.69, 9.17) is 4.74 Å². The predicted octanol–water partition coefficient (Wildman–Crippen LogP) is 1.78. The molecule has 0 saturated carbocycles. The summed E-state index contributed by atoms with van der Waals surface area (Å²) in [6.45, 7) is 7.77. The molecule has 0 aliphatic heterocycles. The number of hydrogen-bond acceptors (Lipinski definition) is 2. The molecule has 0 N–H and O–H groups in total. The standard InChI is InChI=1S/C8H16O2/c1-7(2)10-8(3,4)5-6-9/h6-7H,5H2,1-4H3. The van der Waals surface area contributed by atoms with E-state index in [2.05, 4.69) is 0 Å². The fraction of sp³-hybridized carbons (Fsp3) is 0.875. The van der Waals surface area contributed by atoms with Crippen molar-refractivity contribution >= 4 is 6.29 Å². The van der Waals surface area contributed by atoms with E-state index in [0.29, 0.717) is 6.42 Å². The first-order valence-corrected chi connectivity index (χ1v) is 3.59. The fourth-order valence-electron chi connectivity index (χ4n) is 0.887. The van der Waals surface area contributed by atoms with Crippen LogP contribution in [0, 0.1) is 0 Å². The summed E-state index contributed by atoms with van der Waals surface area (Å²) in [5.74, 6) is 0. The maximum Gasteiger partial charge on any atom is 0.122 e. The molecule has 0 radical (unpaired) electrons. The van der Waals surface area contributed by atoms with Crippen LogP contribution in [0.25, 0.3) is 0 Å². The number of carbonyl (C=O) groups excluding carboxylic acids is 1. The zero-order valence-corrected chi connectivity index (χ0v) is 7.18. The first-order chi connectivity index (χ1) is 4.48. The van der Waals surface area contributed by atoms with E-state index >= 15 is 0 Å². The van der Waals surface area contributed by atoms with Crippen molar-refractivity contribution in [2.75, 3.05) is 0 Å². The molecule has 0 unspecified atom stereocenters. The highest BCUT2D eigenvalue weighted by Gasteiger charge is 2.18. The van der Waals surface area contributed by atoms with E-state index in [9.17, 15) is 4.79 Å². The highest BCUT2D eigenvalue weighted by Crippen LogP contribution is 2.14. The van der Waals surface area contributed by atoms with E-state index in [1.54, 1.807) is 0 Å². The molecular weight excluding hydrogens is 128 g/mol. The molecule has 0 rings (SSSR count). The Bertz CT molecular complexity index is 106. The Morgan fingerprint density at radius 3 is 2.30 bits per heavy atom. The molecule has 0 fully saturated rings. The zero-order valence-electron chi connectivity index (χ0n) is 7.18. The molecule has 0 spiro atoms. The number of hydrogen-bond donors (Lipinski definition) is 0. The van der Waals surface area contributed by atoms with E-state index < -0.39 is 0 Å². The van der Waals surface area contributed by atoms with Crippen LogP contribution in [0.4, 0.5) is 0 Å². The molecule has 10 heavy (non-hydrogen) atoms. The van der Waals surface area contributed by atoms with Gasteiger partial charge in [0.2, 0.25) is 0 Å². The largest absolute Gasteiger partial charge is 0.372 e. The third-order valence-electron chi connectivity index (χ3n) is 1.13. The van der Waals surface area contributed by atoms with E-state index in [1.807, 2.05) is 27.7 Å². The summed E-state index contributed by atoms with van der Waals surface area (Å²) in [5.41, 5.74) is -0.296. The maximum absolute atomic E-state index is 10.1. The fourth-order valence-corrected chi connectivity index (χ4v) is 0.887. The molecule has 0 atom stereocenters.